The van der Waals surface area contributed by atoms with Gasteiger partial charge >= 0.3 is 0 Å². The fourth-order valence-corrected chi connectivity index (χ4v) is 3.60. The molecule has 0 aromatic heterocycles. The second-order valence-corrected chi connectivity index (χ2v) is 7.40. The number of halogens is 1. The van der Waals surface area contributed by atoms with Crippen LogP contribution in [0.15, 0.2) is 22.7 Å². The van der Waals surface area contributed by atoms with Crippen LogP contribution in [0.25, 0.3) is 0 Å². The number of nitrogens with zero attached hydrogens (tertiary/aromatic N) is 1. The molecule has 0 saturated carbocycles. The highest BCUT2D eigenvalue weighted by Gasteiger charge is 2.14. The predicted molar refractivity (Wildman–Crippen MR) is 90.3 cm³/mol. The van der Waals surface area contributed by atoms with Gasteiger partial charge in [0.1, 0.15) is 0 Å². The quantitative estimate of drug-likeness (QED) is 0.893. The van der Waals surface area contributed by atoms with E-state index in [0.29, 0.717) is 6.04 Å². The van der Waals surface area contributed by atoms with Crippen LogP contribution in [0.1, 0.15) is 25.8 Å². The number of hydrogen-bond acceptors (Lipinski definition) is 3. The fourth-order valence-electron chi connectivity index (χ4n) is 2.31. The van der Waals surface area contributed by atoms with Gasteiger partial charge in [0.25, 0.3) is 0 Å². The van der Waals surface area contributed by atoms with E-state index in [-0.39, 0.29) is 0 Å². The summed E-state index contributed by atoms with van der Waals surface area (Å²) >= 11 is 5.67. The van der Waals surface area contributed by atoms with Crippen LogP contribution in [0.5, 0.6) is 0 Å². The molecule has 1 heterocycles. The van der Waals surface area contributed by atoms with Gasteiger partial charge < -0.3 is 10.2 Å². The van der Waals surface area contributed by atoms with Gasteiger partial charge in [0.15, 0.2) is 0 Å². The SMILES string of the molecule is CC(C)NCc1cc(Br)ccc1N1CCCSCC1. The van der Waals surface area contributed by atoms with Crippen LogP contribution in [0.4, 0.5) is 5.69 Å². The summed E-state index contributed by atoms with van der Waals surface area (Å²) in [5.41, 5.74) is 2.80. The first-order chi connectivity index (χ1) is 9.16. The Morgan fingerprint density at radius 3 is 2.95 bits per heavy atom. The minimum atomic E-state index is 0.520. The van der Waals surface area contributed by atoms with Crippen LogP contribution in [0.3, 0.4) is 0 Å². The summed E-state index contributed by atoms with van der Waals surface area (Å²) < 4.78 is 1.17. The van der Waals surface area contributed by atoms with E-state index >= 15 is 0 Å². The summed E-state index contributed by atoms with van der Waals surface area (Å²) in [5, 5.41) is 3.53. The molecule has 0 bridgehead atoms. The predicted octanol–water partition coefficient (Wildman–Crippen LogP) is 3.89. The first kappa shape index (κ1) is 15.2. The monoisotopic (exact) mass is 342 g/mol. The first-order valence-corrected chi connectivity index (χ1v) is 8.96. The molecule has 0 atom stereocenters. The second kappa shape index (κ2) is 7.55. The molecule has 0 spiro atoms. The van der Waals surface area contributed by atoms with Crippen LogP contribution in [-0.4, -0.2) is 30.6 Å². The van der Waals surface area contributed by atoms with Gasteiger partial charge in [-0.1, -0.05) is 29.8 Å². The van der Waals surface area contributed by atoms with Crippen molar-refractivity contribution in [2.75, 3.05) is 29.5 Å². The number of hydrogen-bond donors (Lipinski definition) is 1. The molecule has 1 aliphatic rings. The fraction of sp³-hybridized carbons (Fsp3) is 0.600. The van der Waals surface area contributed by atoms with Crippen LogP contribution >= 0.6 is 27.7 Å². The van der Waals surface area contributed by atoms with Gasteiger partial charge in [0.05, 0.1) is 0 Å². The first-order valence-electron chi connectivity index (χ1n) is 7.01. The topological polar surface area (TPSA) is 15.3 Å². The Morgan fingerprint density at radius 2 is 2.16 bits per heavy atom. The number of benzene rings is 1. The lowest BCUT2D eigenvalue weighted by Crippen LogP contribution is -2.28. The summed E-state index contributed by atoms with van der Waals surface area (Å²) in [7, 11) is 0. The zero-order valence-electron chi connectivity index (χ0n) is 11.8. The van der Waals surface area contributed by atoms with Crippen LogP contribution < -0.4 is 10.2 Å². The van der Waals surface area contributed by atoms with Crippen molar-refractivity contribution in [3.8, 4) is 0 Å². The highest BCUT2D eigenvalue weighted by Crippen LogP contribution is 2.26. The molecule has 0 unspecified atom stereocenters. The number of thioether (sulfide) groups is 1. The standard InChI is InChI=1S/C15H23BrN2S/c1-12(2)17-11-13-10-14(16)4-5-15(13)18-6-3-8-19-9-7-18/h4-5,10,12,17H,3,6-9,11H2,1-2H3. The van der Waals surface area contributed by atoms with Crippen molar-refractivity contribution in [1.82, 2.24) is 5.32 Å². The number of rotatable bonds is 4. The Hall–Kier alpha value is -0.190. The van der Waals surface area contributed by atoms with E-state index in [4.69, 9.17) is 0 Å². The molecular weight excluding hydrogens is 320 g/mol. The molecule has 1 aromatic carbocycles. The van der Waals surface area contributed by atoms with Crippen molar-refractivity contribution in [3.05, 3.63) is 28.2 Å². The van der Waals surface area contributed by atoms with Crippen LogP contribution in [0.2, 0.25) is 0 Å². The van der Waals surface area contributed by atoms with Gasteiger partial charge in [-0.05, 0) is 35.9 Å². The molecule has 1 fully saturated rings. The molecule has 0 amide bonds. The van der Waals surface area contributed by atoms with Gasteiger partial charge in [-0.15, -0.1) is 0 Å². The van der Waals surface area contributed by atoms with Crippen molar-refractivity contribution >= 4 is 33.4 Å². The summed E-state index contributed by atoms with van der Waals surface area (Å²) in [6, 6.07) is 7.19. The zero-order valence-corrected chi connectivity index (χ0v) is 14.2. The smallest absolute Gasteiger partial charge is 0.0412 e. The van der Waals surface area contributed by atoms with Crippen molar-refractivity contribution in [3.63, 3.8) is 0 Å². The molecule has 1 saturated heterocycles. The Morgan fingerprint density at radius 1 is 1.32 bits per heavy atom. The van der Waals surface area contributed by atoms with Crippen molar-refractivity contribution in [1.29, 1.82) is 0 Å². The molecule has 2 nitrogen and oxygen atoms in total. The van der Waals surface area contributed by atoms with Gasteiger partial charge in [0, 0.05) is 41.6 Å². The molecule has 2 rings (SSSR count). The molecule has 1 aromatic rings. The maximum Gasteiger partial charge on any atom is 0.0412 e. The molecular formula is C15H23BrN2S. The minimum Gasteiger partial charge on any atom is -0.370 e. The highest BCUT2D eigenvalue weighted by atomic mass is 79.9. The Labute approximate surface area is 129 Å². The average molecular weight is 343 g/mol. The van der Waals surface area contributed by atoms with E-state index in [9.17, 15) is 0 Å². The van der Waals surface area contributed by atoms with E-state index in [2.05, 4.69) is 70.0 Å². The lowest BCUT2D eigenvalue weighted by molar-refractivity contribution is 0.587. The van der Waals surface area contributed by atoms with Crippen molar-refractivity contribution in [2.45, 2.75) is 32.9 Å². The second-order valence-electron chi connectivity index (χ2n) is 5.26. The maximum absolute atomic E-state index is 3.59. The van der Waals surface area contributed by atoms with E-state index in [1.165, 1.54) is 46.7 Å². The lowest BCUT2D eigenvalue weighted by atomic mass is 10.1. The van der Waals surface area contributed by atoms with Gasteiger partial charge in [-0.25, -0.2) is 0 Å². The lowest BCUT2D eigenvalue weighted by Gasteiger charge is -2.26. The third-order valence-electron chi connectivity index (χ3n) is 3.31. The zero-order chi connectivity index (χ0) is 13.7. The number of nitrogens with one attached hydrogen (secondary N) is 1. The minimum absolute atomic E-state index is 0.520. The Balaban J connectivity index is 2.17. The van der Waals surface area contributed by atoms with Gasteiger partial charge in [-0.3, -0.25) is 0 Å². The average Bonchev–Trinajstić information content (AvgIpc) is 2.65. The summed E-state index contributed by atoms with van der Waals surface area (Å²) in [6.45, 7) is 7.68. The molecule has 0 radical (unpaired) electrons. The van der Waals surface area contributed by atoms with Crippen LogP contribution in [0, 0.1) is 0 Å². The van der Waals surface area contributed by atoms with Crippen molar-refractivity contribution in [2.24, 2.45) is 0 Å². The highest BCUT2D eigenvalue weighted by molar-refractivity contribution is 9.10. The van der Waals surface area contributed by atoms with Gasteiger partial charge in [0.2, 0.25) is 0 Å². The van der Waals surface area contributed by atoms with Crippen LogP contribution in [-0.2, 0) is 6.54 Å². The third-order valence-corrected chi connectivity index (χ3v) is 4.85. The number of anilines is 1. The summed E-state index contributed by atoms with van der Waals surface area (Å²) in [6.07, 6.45) is 1.29. The normalized spacial score (nSPS) is 16.7. The third kappa shape index (κ3) is 4.69. The maximum atomic E-state index is 3.59. The molecule has 4 heteroatoms. The molecule has 106 valence electrons. The summed E-state index contributed by atoms with van der Waals surface area (Å²) in [5.74, 6) is 2.54. The van der Waals surface area contributed by atoms with E-state index in [1.54, 1.807) is 0 Å². The largest absolute Gasteiger partial charge is 0.370 e. The molecule has 1 aliphatic heterocycles. The summed E-state index contributed by atoms with van der Waals surface area (Å²) in [4.78, 5) is 2.55. The molecule has 19 heavy (non-hydrogen) atoms. The Kier molecular flexibility index (Phi) is 6.05. The van der Waals surface area contributed by atoms with E-state index in [0.717, 1.165) is 6.54 Å². The Bertz CT molecular complexity index is 401. The molecule has 0 aliphatic carbocycles. The van der Waals surface area contributed by atoms with E-state index in [1.807, 2.05) is 0 Å². The van der Waals surface area contributed by atoms with E-state index < -0.39 is 0 Å². The molecule has 1 N–H and O–H groups in total. The van der Waals surface area contributed by atoms with Crippen molar-refractivity contribution < 1.29 is 0 Å². The van der Waals surface area contributed by atoms with Gasteiger partial charge in [-0.2, -0.15) is 11.8 Å².